The summed E-state index contributed by atoms with van der Waals surface area (Å²) in [6.45, 7) is 6.20. The van der Waals surface area contributed by atoms with Crippen LogP contribution in [0, 0.1) is 22.7 Å². The Hall–Kier alpha value is -0.970. The van der Waals surface area contributed by atoms with E-state index >= 15 is 0 Å². The zero-order chi connectivity index (χ0) is 17.7. The van der Waals surface area contributed by atoms with Gasteiger partial charge in [0.15, 0.2) is 5.78 Å². The molecule has 4 heteroatoms. The highest BCUT2D eigenvalue weighted by molar-refractivity contribution is 5.96. The first-order chi connectivity index (χ1) is 11.3. The molecule has 0 amide bonds. The molecule has 24 heavy (non-hydrogen) atoms. The number of carbonyl (C=O) groups excluding carboxylic acids is 1. The van der Waals surface area contributed by atoms with E-state index in [9.17, 15) is 20.1 Å². The minimum atomic E-state index is -0.771. The molecule has 1 fully saturated rings. The number of hydrogen-bond donors (Lipinski definition) is 3. The molecule has 3 rings (SSSR count). The van der Waals surface area contributed by atoms with Gasteiger partial charge in [-0.05, 0) is 55.1 Å². The van der Waals surface area contributed by atoms with Crippen LogP contribution in [0.5, 0.6) is 0 Å². The van der Waals surface area contributed by atoms with Crippen molar-refractivity contribution in [2.24, 2.45) is 22.7 Å². The highest BCUT2D eigenvalue weighted by Crippen LogP contribution is 2.62. The van der Waals surface area contributed by atoms with Gasteiger partial charge >= 0.3 is 0 Å². The molecule has 5 unspecified atom stereocenters. The molecule has 0 aromatic heterocycles. The van der Waals surface area contributed by atoms with Gasteiger partial charge in [0.25, 0.3) is 0 Å². The van der Waals surface area contributed by atoms with Crippen LogP contribution in [0.1, 0.15) is 52.9 Å². The lowest BCUT2D eigenvalue weighted by atomic mass is 9.54. The molecule has 0 spiro atoms. The molecule has 3 aliphatic rings. The van der Waals surface area contributed by atoms with E-state index in [1.165, 1.54) is 17.2 Å². The molecule has 0 aromatic rings. The van der Waals surface area contributed by atoms with Crippen molar-refractivity contribution in [3.05, 3.63) is 22.8 Å². The fraction of sp³-hybridized carbons (Fsp3) is 0.750. The zero-order valence-electron chi connectivity index (χ0n) is 15.0. The Morgan fingerprint density at radius 2 is 1.96 bits per heavy atom. The highest BCUT2D eigenvalue weighted by atomic mass is 16.3. The maximum absolute atomic E-state index is 13.0. The average molecular weight is 334 g/mol. The van der Waals surface area contributed by atoms with Crippen LogP contribution in [0.15, 0.2) is 22.8 Å². The van der Waals surface area contributed by atoms with Crippen LogP contribution in [-0.4, -0.2) is 40.4 Å². The van der Waals surface area contributed by atoms with Crippen molar-refractivity contribution in [2.45, 2.75) is 59.0 Å². The van der Waals surface area contributed by atoms with Gasteiger partial charge in [-0.15, -0.1) is 0 Å². The van der Waals surface area contributed by atoms with Gasteiger partial charge in [0, 0.05) is 17.9 Å². The fourth-order valence-electron chi connectivity index (χ4n) is 5.25. The summed E-state index contributed by atoms with van der Waals surface area (Å²) < 4.78 is 0. The number of aliphatic hydroxyl groups is 3. The molecule has 1 saturated carbocycles. The van der Waals surface area contributed by atoms with Gasteiger partial charge in [-0.1, -0.05) is 31.9 Å². The molecular weight excluding hydrogens is 304 g/mol. The first kappa shape index (κ1) is 17.8. The van der Waals surface area contributed by atoms with E-state index in [2.05, 4.69) is 6.92 Å². The van der Waals surface area contributed by atoms with Gasteiger partial charge in [-0.3, -0.25) is 4.79 Å². The molecule has 5 atom stereocenters. The number of hydrogen-bond acceptors (Lipinski definition) is 4. The predicted molar refractivity (Wildman–Crippen MR) is 92.2 cm³/mol. The zero-order valence-corrected chi connectivity index (χ0v) is 15.0. The fourth-order valence-corrected chi connectivity index (χ4v) is 5.25. The first-order valence-corrected chi connectivity index (χ1v) is 9.15. The third kappa shape index (κ3) is 2.51. The molecule has 0 aliphatic heterocycles. The van der Waals surface area contributed by atoms with Gasteiger partial charge in [-0.2, -0.15) is 0 Å². The van der Waals surface area contributed by atoms with Gasteiger partial charge in [0.05, 0.1) is 12.7 Å². The van der Waals surface area contributed by atoms with Crippen molar-refractivity contribution >= 4 is 5.78 Å². The number of allylic oxidation sites excluding steroid dienone is 2. The van der Waals surface area contributed by atoms with E-state index in [0.29, 0.717) is 12.0 Å². The summed E-state index contributed by atoms with van der Waals surface area (Å²) in [5.74, 6) is 0.126. The maximum Gasteiger partial charge on any atom is 0.162 e. The second-order valence-corrected chi connectivity index (χ2v) is 8.55. The van der Waals surface area contributed by atoms with Crippen molar-refractivity contribution in [3.63, 3.8) is 0 Å². The summed E-state index contributed by atoms with van der Waals surface area (Å²) >= 11 is 0. The normalized spacial score (nSPS) is 40.8. The van der Waals surface area contributed by atoms with Gasteiger partial charge in [0.2, 0.25) is 0 Å². The maximum atomic E-state index is 13.0. The van der Waals surface area contributed by atoms with E-state index in [1.807, 2.05) is 13.8 Å². The smallest absolute Gasteiger partial charge is 0.162 e. The lowest BCUT2D eigenvalue weighted by molar-refractivity contribution is -0.127. The van der Waals surface area contributed by atoms with E-state index in [4.69, 9.17) is 0 Å². The molecule has 0 saturated heterocycles. The number of aliphatic hydroxyl groups excluding tert-OH is 3. The van der Waals surface area contributed by atoms with Crippen molar-refractivity contribution in [1.82, 2.24) is 0 Å². The lowest BCUT2D eigenvalue weighted by Gasteiger charge is -2.49. The van der Waals surface area contributed by atoms with Crippen LogP contribution in [0.4, 0.5) is 0 Å². The molecule has 0 bridgehead atoms. The summed E-state index contributed by atoms with van der Waals surface area (Å²) in [7, 11) is 0. The number of carbonyl (C=O) groups is 1. The Bertz CT molecular complexity index is 605. The minimum absolute atomic E-state index is 0.00875. The molecule has 3 aliphatic carbocycles. The Kier molecular flexibility index (Phi) is 4.52. The van der Waals surface area contributed by atoms with Crippen LogP contribution in [0.25, 0.3) is 0 Å². The summed E-state index contributed by atoms with van der Waals surface area (Å²) in [6.07, 6.45) is 5.04. The minimum Gasteiger partial charge on any atom is -0.396 e. The van der Waals surface area contributed by atoms with Crippen molar-refractivity contribution in [1.29, 1.82) is 0 Å². The second-order valence-electron chi connectivity index (χ2n) is 8.55. The molecular formula is C20H30O4. The van der Waals surface area contributed by atoms with Crippen LogP contribution >= 0.6 is 0 Å². The van der Waals surface area contributed by atoms with Gasteiger partial charge < -0.3 is 15.3 Å². The Morgan fingerprint density at radius 1 is 1.25 bits per heavy atom. The first-order valence-electron chi connectivity index (χ1n) is 9.15. The molecule has 134 valence electrons. The average Bonchev–Trinajstić information content (AvgIpc) is 2.87. The third-order valence-corrected chi connectivity index (χ3v) is 7.07. The van der Waals surface area contributed by atoms with Gasteiger partial charge in [-0.25, -0.2) is 0 Å². The lowest BCUT2D eigenvalue weighted by Crippen LogP contribution is -2.44. The molecule has 0 heterocycles. The Labute approximate surface area is 144 Å². The number of ketones is 1. The van der Waals surface area contributed by atoms with E-state index in [0.717, 1.165) is 25.7 Å². The van der Waals surface area contributed by atoms with E-state index < -0.39 is 11.5 Å². The number of fused-ring (bicyclic) bond motifs is 3. The predicted octanol–water partition coefficient (Wildman–Crippen LogP) is 2.38. The quantitative estimate of drug-likeness (QED) is 0.693. The molecule has 4 nitrogen and oxygen atoms in total. The highest BCUT2D eigenvalue weighted by Gasteiger charge is 2.55. The van der Waals surface area contributed by atoms with Crippen LogP contribution in [0.3, 0.4) is 0 Å². The van der Waals surface area contributed by atoms with Crippen molar-refractivity contribution < 1.29 is 20.1 Å². The molecule has 0 radical (unpaired) electrons. The summed E-state index contributed by atoms with van der Waals surface area (Å²) in [5, 5.41) is 29.7. The Morgan fingerprint density at radius 3 is 2.58 bits per heavy atom. The second kappa shape index (κ2) is 6.08. The van der Waals surface area contributed by atoms with Crippen LogP contribution < -0.4 is 0 Å². The van der Waals surface area contributed by atoms with Crippen molar-refractivity contribution in [2.75, 3.05) is 13.2 Å². The van der Waals surface area contributed by atoms with E-state index in [-0.39, 0.29) is 36.2 Å². The Balaban J connectivity index is 2.12. The SMILES string of the molecule is CC(CO)C1=C2C3CC(O)C(CO)=CC(=O)C3(C)CCC2(C)CC1. The molecule has 0 aromatic carbocycles. The van der Waals surface area contributed by atoms with Gasteiger partial charge in [0.1, 0.15) is 0 Å². The third-order valence-electron chi connectivity index (χ3n) is 7.07. The topological polar surface area (TPSA) is 77.8 Å². The summed E-state index contributed by atoms with van der Waals surface area (Å²) in [6, 6.07) is 0. The summed E-state index contributed by atoms with van der Waals surface area (Å²) in [4.78, 5) is 13.0. The standard InChI is InChI=1S/C20H30O4/c1-12(10-21)14-4-5-19(2)6-7-20(3)15(18(14)19)9-16(23)13(11-22)8-17(20)24/h8,12,15-16,21-23H,4-7,9-11H2,1-3H3. The van der Waals surface area contributed by atoms with Crippen molar-refractivity contribution in [3.8, 4) is 0 Å². The monoisotopic (exact) mass is 334 g/mol. The van der Waals surface area contributed by atoms with Crippen LogP contribution in [0.2, 0.25) is 0 Å². The van der Waals surface area contributed by atoms with Crippen LogP contribution in [-0.2, 0) is 4.79 Å². The molecule has 3 N–H and O–H groups in total. The largest absolute Gasteiger partial charge is 0.396 e. The number of rotatable bonds is 3. The summed E-state index contributed by atoms with van der Waals surface area (Å²) in [5.41, 5.74) is 2.61. The van der Waals surface area contributed by atoms with E-state index in [1.54, 1.807) is 0 Å².